The lowest BCUT2D eigenvalue weighted by molar-refractivity contribution is 0.0927. The second-order valence-corrected chi connectivity index (χ2v) is 6.40. The van der Waals surface area contributed by atoms with Crippen LogP contribution in [0, 0.1) is 13.8 Å². The predicted molar refractivity (Wildman–Crippen MR) is 85.4 cm³/mol. The van der Waals surface area contributed by atoms with Crippen molar-refractivity contribution < 1.29 is 9.21 Å². The second-order valence-electron chi connectivity index (χ2n) is 4.45. The van der Waals surface area contributed by atoms with Crippen LogP contribution >= 0.6 is 27.7 Å². The molecule has 0 unspecified atom stereocenters. The highest BCUT2D eigenvalue weighted by Crippen LogP contribution is 2.20. The molecule has 0 aliphatic carbocycles. The maximum Gasteiger partial charge on any atom is 0.287 e. The molecule has 0 aliphatic rings. The Morgan fingerprint density at radius 2 is 2.05 bits per heavy atom. The van der Waals surface area contributed by atoms with E-state index in [9.17, 15) is 4.79 Å². The molecular formula is C15H16BrNO2S. The summed E-state index contributed by atoms with van der Waals surface area (Å²) in [5, 5.41) is 2.83. The van der Waals surface area contributed by atoms with Crippen LogP contribution < -0.4 is 5.32 Å². The van der Waals surface area contributed by atoms with Gasteiger partial charge in [0.15, 0.2) is 10.4 Å². The Morgan fingerprint density at radius 1 is 1.25 bits per heavy atom. The summed E-state index contributed by atoms with van der Waals surface area (Å²) in [6.07, 6.45) is 0. The first-order chi connectivity index (χ1) is 9.56. The minimum absolute atomic E-state index is 0.184. The molecule has 0 radical (unpaired) electrons. The Bertz CT molecular complexity index is 610. The minimum Gasteiger partial charge on any atom is -0.444 e. The lowest BCUT2D eigenvalue weighted by Gasteiger charge is -2.06. The molecule has 106 valence electrons. The molecule has 0 fully saturated rings. The van der Waals surface area contributed by atoms with Crippen LogP contribution in [0.3, 0.4) is 0 Å². The lowest BCUT2D eigenvalue weighted by Crippen LogP contribution is -2.25. The first kappa shape index (κ1) is 15.2. The first-order valence-corrected chi connectivity index (χ1v) is 8.08. The zero-order valence-electron chi connectivity index (χ0n) is 11.4. The second kappa shape index (κ2) is 6.99. The van der Waals surface area contributed by atoms with Crippen molar-refractivity contribution in [3.63, 3.8) is 0 Å². The van der Waals surface area contributed by atoms with Gasteiger partial charge in [-0.3, -0.25) is 4.79 Å². The number of nitrogens with one attached hydrogen (secondary N) is 1. The molecule has 1 heterocycles. The van der Waals surface area contributed by atoms with E-state index >= 15 is 0 Å². The monoisotopic (exact) mass is 353 g/mol. The van der Waals surface area contributed by atoms with E-state index < -0.39 is 0 Å². The Kier molecular flexibility index (Phi) is 5.31. The average Bonchev–Trinajstić information content (AvgIpc) is 2.85. The molecule has 5 heteroatoms. The number of aryl methyl sites for hydroxylation is 2. The number of halogens is 1. The van der Waals surface area contributed by atoms with Gasteiger partial charge in [0.2, 0.25) is 0 Å². The van der Waals surface area contributed by atoms with Crippen molar-refractivity contribution in [2.24, 2.45) is 0 Å². The molecule has 0 aliphatic heterocycles. The number of amides is 1. The van der Waals surface area contributed by atoms with Crippen LogP contribution in [0.5, 0.6) is 0 Å². The van der Waals surface area contributed by atoms with Gasteiger partial charge in [-0.05, 0) is 65.2 Å². The van der Waals surface area contributed by atoms with Gasteiger partial charge in [0, 0.05) is 17.2 Å². The molecule has 3 nitrogen and oxygen atoms in total. The number of carbonyl (C=O) groups is 1. The van der Waals surface area contributed by atoms with Crippen molar-refractivity contribution >= 4 is 33.6 Å². The molecule has 0 saturated heterocycles. The Hall–Kier alpha value is -1.20. The largest absolute Gasteiger partial charge is 0.444 e. The molecular weight excluding hydrogens is 338 g/mol. The van der Waals surface area contributed by atoms with Crippen molar-refractivity contribution in [3.05, 3.63) is 51.9 Å². The van der Waals surface area contributed by atoms with E-state index in [0.717, 1.165) is 5.75 Å². The van der Waals surface area contributed by atoms with Gasteiger partial charge in [-0.1, -0.05) is 6.07 Å². The highest BCUT2D eigenvalue weighted by molar-refractivity contribution is 9.10. The van der Waals surface area contributed by atoms with E-state index in [0.29, 0.717) is 17.0 Å². The summed E-state index contributed by atoms with van der Waals surface area (Å²) < 4.78 is 5.75. The van der Waals surface area contributed by atoms with Crippen LogP contribution in [0.15, 0.2) is 44.3 Å². The van der Waals surface area contributed by atoms with E-state index in [1.165, 1.54) is 16.0 Å². The summed E-state index contributed by atoms with van der Waals surface area (Å²) in [6.45, 7) is 4.82. The van der Waals surface area contributed by atoms with E-state index in [2.05, 4.69) is 53.3 Å². The Labute approximate surface area is 131 Å². The molecule has 1 amide bonds. The fraction of sp³-hybridized carbons (Fsp3) is 0.267. The molecule has 2 rings (SSSR count). The third-order valence-electron chi connectivity index (χ3n) is 2.93. The van der Waals surface area contributed by atoms with Crippen molar-refractivity contribution in [1.29, 1.82) is 0 Å². The predicted octanol–water partition coefficient (Wildman–Crippen LogP) is 4.18. The standard InChI is InChI=1S/C15H16BrNO2S/c1-10-3-4-12(9-11(10)2)20-8-7-17-15(18)13-5-6-14(16)19-13/h3-6,9H,7-8H2,1-2H3,(H,17,18). The SMILES string of the molecule is Cc1ccc(SCCNC(=O)c2ccc(Br)o2)cc1C. The van der Waals surface area contributed by atoms with Crippen molar-refractivity contribution in [1.82, 2.24) is 5.32 Å². The summed E-state index contributed by atoms with van der Waals surface area (Å²) in [4.78, 5) is 13.0. The highest BCUT2D eigenvalue weighted by atomic mass is 79.9. The zero-order valence-corrected chi connectivity index (χ0v) is 13.8. The van der Waals surface area contributed by atoms with E-state index in [4.69, 9.17) is 4.42 Å². The molecule has 0 bridgehead atoms. The van der Waals surface area contributed by atoms with Crippen molar-refractivity contribution in [3.8, 4) is 0 Å². The molecule has 0 spiro atoms. The van der Waals surface area contributed by atoms with Gasteiger partial charge < -0.3 is 9.73 Å². The number of hydrogen-bond acceptors (Lipinski definition) is 3. The molecule has 0 atom stereocenters. The van der Waals surface area contributed by atoms with Gasteiger partial charge in [0.25, 0.3) is 5.91 Å². The smallest absolute Gasteiger partial charge is 0.287 e. The minimum atomic E-state index is -0.184. The molecule has 1 N–H and O–H groups in total. The van der Waals surface area contributed by atoms with E-state index in [1.54, 1.807) is 23.9 Å². The fourth-order valence-electron chi connectivity index (χ4n) is 1.66. The lowest BCUT2D eigenvalue weighted by atomic mass is 10.1. The number of thioether (sulfide) groups is 1. The molecule has 1 aromatic carbocycles. The first-order valence-electron chi connectivity index (χ1n) is 6.30. The van der Waals surface area contributed by atoms with Gasteiger partial charge in [0.05, 0.1) is 0 Å². The van der Waals surface area contributed by atoms with Crippen molar-refractivity contribution in [2.45, 2.75) is 18.7 Å². The Balaban J connectivity index is 1.76. The summed E-state index contributed by atoms with van der Waals surface area (Å²) in [7, 11) is 0. The van der Waals surface area contributed by atoms with E-state index in [-0.39, 0.29) is 5.91 Å². The van der Waals surface area contributed by atoms with Gasteiger partial charge in [0.1, 0.15) is 0 Å². The number of benzene rings is 1. The van der Waals surface area contributed by atoms with Gasteiger partial charge in [-0.25, -0.2) is 0 Å². The third-order valence-corrected chi connectivity index (χ3v) is 4.35. The van der Waals surface area contributed by atoms with Crippen LogP contribution in [0.4, 0.5) is 0 Å². The molecule has 2 aromatic rings. The summed E-state index contributed by atoms with van der Waals surface area (Å²) >= 11 is 4.91. The highest BCUT2D eigenvalue weighted by Gasteiger charge is 2.09. The zero-order chi connectivity index (χ0) is 14.5. The summed E-state index contributed by atoms with van der Waals surface area (Å²) in [5.41, 5.74) is 2.59. The van der Waals surface area contributed by atoms with Crippen molar-refractivity contribution in [2.75, 3.05) is 12.3 Å². The molecule has 0 saturated carbocycles. The molecule has 20 heavy (non-hydrogen) atoms. The van der Waals surface area contributed by atoms with Gasteiger partial charge >= 0.3 is 0 Å². The topological polar surface area (TPSA) is 42.2 Å². The molecule has 1 aromatic heterocycles. The van der Waals surface area contributed by atoms with E-state index in [1.807, 2.05) is 0 Å². The van der Waals surface area contributed by atoms with Gasteiger partial charge in [-0.2, -0.15) is 0 Å². The fourth-order valence-corrected chi connectivity index (χ4v) is 2.83. The quantitative estimate of drug-likeness (QED) is 0.647. The normalized spacial score (nSPS) is 10.6. The number of hydrogen-bond donors (Lipinski definition) is 1. The Morgan fingerprint density at radius 3 is 2.70 bits per heavy atom. The number of rotatable bonds is 5. The van der Waals surface area contributed by atoms with Gasteiger partial charge in [-0.15, -0.1) is 11.8 Å². The maximum absolute atomic E-state index is 11.7. The average molecular weight is 354 g/mol. The summed E-state index contributed by atoms with van der Waals surface area (Å²) in [6, 6.07) is 9.76. The van der Waals surface area contributed by atoms with Crippen LogP contribution in [0.2, 0.25) is 0 Å². The van der Waals surface area contributed by atoms with Crippen LogP contribution in [0.25, 0.3) is 0 Å². The maximum atomic E-state index is 11.7. The number of furan rings is 1. The van der Waals surface area contributed by atoms with Crippen LogP contribution in [-0.4, -0.2) is 18.2 Å². The number of carbonyl (C=O) groups excluding carboxylic acids is 1. The third kappa shape index (κ3) is 4.15. The van der Waals surface area contributed by atoms with Crippen LogP contribution in [0.1, 0.15) is 21.7 Å². The van der Waals surface area contributed by atoms with Crippen LogP contribution in [-0.2, 0) is 0 Å². The summed E-state index contributed by atoms with van der Waals surface area (Å²) in [5.74, 6) is 0.972.